The topological polar surface area (TPSA) is 57.6 Å². The minimum atomic E-state index is -0.780. The Morgan fingerprint density at radius 2 is 2.00 bits per heavy atom. The number of carboxylic acids is 1. The van der Waals surface area contributed by atoms with Gasteiger partial charge in [-0.1, -0.05) is 36.2 Å². The van der Waals surface area contributed by atoms with Gasteiger partial charge in [0.05, 0.1) is 21.9 Å². The highest BCUT2D eigenvalue weighted by atomic mass is 35.5. The number of carbonyl (C=O) groups is 2. The number of nitrogens with zero attached hydrogens (tertiary/aromatic N) is 1. The van der Waals surface area contributed by atoms with Crippen molar-refractivity contribution in [2.45, 2.75) is 26.2 Å². The van der Waals surface area contributed by atoms with Gasteiger partial charge in [0.1, 0.15) is 0 Å². The highest BCUT2D eigenvalue weighted by Gasteiger charge is 2.34. The van der Waals surface area contributed by atoms with Crippen molar-refractivity contribution in [1.29, 1.82) is 0 Å². The Balaban J connectivity index is 2.08. The van der Waals surface area contributed by atoms with Crippen LogP contribution in [-0.2, 0) is 9.59 Å². The summed E-state index contributed by atoms with van der Waals surface area (Å²) in [5.74, 6) is -1.53. The van der Waals surface area contributed by atoms with E-state index in [2.05, 4.69) is 0 Å². The summed E-state index contributed by atoms with van der Waals surface area (Å²) in [6.45, 7) is 4.66. The molecule has 3 unspecified atom stereocenters. The summed E-state index contributed by atoms with van der Waals surface area (Å²) < 4.78 is 0. The largest absolute Gasteiger partial charge is 0.481 e. The van der Waals surface area contributed by atoms with E-state index in [4.69, 9.17) is 28.3 Å². The lowest BCUT2D eigenvalue weighted by Gasteiger charge is -2.36. The van der Waals surface area contributed by atoms with Gasteiger partial charge in [0, 0.05) is 13.1 Å². The molecule has 22 heavy (non-hydrogen) atoms. The van der Waals surface area contributed by atoms with Crippen molar-refractivity contribution in [2.75, 3.05) is 13.1 Å². The summed E-state index contributed by atoms with van der Waals surface area (Å²) in [5.41, 5.74) is 0.812. The molecule has 0 aliphatic carbocycles. The molecule has 0 bridgehead atoms. The van der Waals surface area contributed by atoms with E-state index in [1.54, 1.807) is 23.1 Å². The number of hydrogen-bond acceptors (Lipinski definition) is 2. The first-order valence-corrected chi connectivity index (χ1v) is 8.03. The average molecular weight is 344 g/mol. The van der Waals surface area contributed by atoms with E-state index in [0.717, 1.165) is 5.56 Å². The second-order valence-electron chi connectivity index (χ2n) is 5.89. The maximum absolute atomic E-state index is 12.6. The molecule has 2 rings (SSSR count). The van der Waals surface area contributed by atoms with Crippen molar-refractivity contribution >= 4 is 35.1 Å². The van der Waals surface area contributed by atoms with Crippen LogP contribution in [0.2, 0.25) is 10.0 Å². The number of likely N-dealkylation sites (tertiary alicyclic amines) is 1. The molecule has 1 aliphatic rings. The number of amides is 1. The predicted octanol–water partition coefficient (Wildman–Crippen LogP) is 3.67. The normalized spacial score (nSPS) is 23.2. The number of carbonyl (C=O) groups excluding carboxylic acids is 1. The van der Waals surface area contributed by atoms with Gasteiger partial charge in [-0.3, -0.25) is 9.59 Å². The quantitative estimate of drug-likeness (QED) is 0.910. The molecular formula is C16H19Cl2NO3. The van der Waals surface area contributed by atoms with Crippen molar-refractivity contribution in [3.63, 3.8) is 0 Å². The van der Waals surface area contributed by atoms with E-state index in [1.807, 2.05) is 13.8 Å². The zero-order valence-electron chi connectivity index (χ0n) is 12.6. The summed E-state index contributed by atoms with van der Waals surface area (Å²) in [7, 11) is 0. The molecule has 1 heterocycles. The Labute approximate surface area is 140 Å². The van der Waals surface area contributed by atoms with Crippen LogP contribution in [0.4, 0.5) is 0 Å². The number of hydrogen-bond donors (Lipinski definition) is 1. The summed E-state index contributed by atoms with van der Waals surface area (Å²) in [5, 5.41) is 10.0. The predicted molar refractivity (Wildman–Crippen MR) is 86.4 cm³/mol. The molecule has 3 atom stereocenters. The lowest BCUT2D eigenvalue weighted by atomic mass is 9.86. The summed E-state index contributed by atoms with van der Waals surface area (Å²) in [6, 6.07) is 5.19. The van der Waals surface area contributed by atoms with Gasteiger partial charge in [0.25, 0.3) is 0 Å². The number of piperidine rings is 1. The van der Waals surface area contributed by atoms with Crippen molar-refractivity contribution in [2.24, 2.45) is 11.8 Å². The van der Waals surface area contributed by atoms with Crippen LogP contribution in [0.25, 0.3) is 0 Å². The molecule has 120 valence electrons. The molecule has 1 saturated heterocycles. The van der Waals surface area contributed by atoms with Crippen molar-refractivity contribution < 1.29 is 14.7 Å². The minimum Gasteiger partial charge on any atom is -0.481 e. The van der Waals surface area contributed by atoms with Gasteiger partial charge in [-0.2, -0.15) is 0 Å². The Bertz CT molecular complexity index is 591. The van der Waals surface area contributed by atoms with Crippen molar-refractivity contribution in [3.05, 3.63) is 33.8 Å². The standard InChI is InChI=1S/C16H19Cl2NO3/c1-9-8-19(6-5-12(9)16(21)22)15(20)10(2)11-3-4-13(17)14(18)7-11/h3-4,7,9-10,12H,5-6,8H2,1-2H3,(H,21,22). The first-order valence-electron chi connectivity index (χ1n) is 7.27. The molecule has 4 nitrogen and oxygen atoms in total. The van der Waals surface area contributed by atoms with Gasteiger partial charge in [-0.25, -0.2) is 0 Å². The summed E-state index contributed by atoms with van der Waals surface area (Å²) >= 11 is 11.9. The molecular weight excluding hydrogens is 325 g/mol. The molecule has 1 aromatic rings. The first kappa shape index (κ1) is 17.1. The van der Waals surface area contributed by atoms with Gasteiger partial charge in [-0.05, 0) is 37.0 Å². The molecule has 1 aromatic carbocycles. The molecule has 0 radical (unpaired) electrons. The van der Waals surface area contributed by atoms with E-state index in [0.29, 0.717) is 29.6 Å². The number of halogens is 2. The lowest BCUT2D eigenvalue weighted by Crippen LogP contribution is -2.46. The van der Waals surface area contributed by atoms with Gasteiger partial charge in [0.15, 0.2) is 0 Å². The maximum Gasteiger partial charge on any atom is 0.306 e. The van der Waals surface area contributed by atoms with Gasteiger partial charge in [-0.15, -0.1) is 0 Å². The average Bonchev–Trinajstić information content (AvgIpc) is 2.48. The third kappa shape index (κ3) is 3.55. The van der Waals surface area contributed by atoms with Crippen LogP contribution in [0.3, 0.4) is 0 Å². The number of carboxylic acid groups (broad SMARTS) is 1. The molecule has 0 aromatic heterocycles. The summed E-state index contributed by atoms with van der Waals surface area (Å²) in [4.78, 5) is 25.5. The Morgan fingerprint density at radius 3 is 2.55 bits per heavy atom. The molecule has 1 fully saturated rings. The van der Waals surface area contributed by atoms with Crippen LogP contribution in [0.15, 0.2) is 18.2 Å². The second-order valence-corrected chi connectivity index (χ2v) is 6.70. The third-order valence-electron chi connectivity index (χ3n) is 4.35. The first-order chi connectivity index (χ1) is 10.3. The fraction of sp³-hybridized carbons (Fsp3) is 0.500. The lowest BCUT2D eigenvalue weighted by molar-refractivity contribution is -0.148. The van der Waals surface area contributed by atoms with Crippen LogP contribution in [0.1, 0.15) is 31.7 Å². The van der Waals surface area contributed by atoms with Crippen LogP contribution in [0, 0.1) is 11.8 Å². The zero-order valence-corrected chi connectivity index (χ0v) is 14.1. The van der Waals surface area contributed by atoms with Crippen molar-refractivity contribution in [3.8, 4) is 0 Å². The molecule has 1 N–H and O–H groups in total. The monoisotopic (exact) mass is 343 g/mol. The van der Waals surface area contributed by atoms with Crippen LogP contribution < -0.4 is 0 Å². The van der Waals surface area contributed by atoms with E-state index in [1.165, 1.54) is 0 Å². The zero-order chi connectivity index (χ0) is 16.4. The number of aliphatic carboxylic acids is 1. The van der Waals surface area contributed by atoms with Crippen molar-refractivity contribution in [1.82, 2.24) is 4.90 Å². The SMILES string of the molecule is CC(C(=O)N1CCC(C(=O)O)C(C)C1)c1ccc(Cl)c(Cl)c1. The molecule has 1 amide bonds. The Morgan fingerprint density at radius 1 is 1.32 bits per heavy atom. The highest BCUT2D eigenvalue weighted by Crippen LogP contribution is 2.29. The van der Waals surface area contributed by atoms with E-state index < -0.39 is 5.97 Å². The maximum atomic E-state index is 12.6. The highest BCUT2D eigenvalue weighted by molar-refractivity contribution is 6.42. The smallest absolute Gasteiger partial charge is 0.306 e. The van der Waals surface area contributed by atoms with Gasteiger partial charge < -0.3 is 10.0 Å². The van der Waals surface area contributed by atoms with Gasteiger partial charge >= 0.3 is 5.97 Å². The Hall–Kier alpha value is -1.26. The fourth-order valence-corrected chi connectivity index (χ4v) is 3.22. The third-order valence-corrected chi connectivity index (χ3v) is 5.09. The van der Waals surface area contributed by atoms with Gasteiger partial charge in [0.2, 0.25) is 5.91 Å². The van der Waals surface area contributed by atoms with E-state index >= 15 is 0 Å². The molecule has 0 saturated carbocycles. The number of rotatable bonds is 3. The van der Waals surface area contributed by atoms with Crippen LogP contribution >= 0.6 is 23.2 Å². The second kappa shape index (κ2) is 6.88. The minimum absolute atomic E-state index is 0.00548. The van der Waals surface area contributed by atoms with E-state index in [9.17, 15) is 9.59 Å². The van der Waals surface area contributed by atoms with E-state index in [-0.39, 0.29) is 23.7 Å². The molecule has 1 aliphatic heterocycles. The summed E-state index contributed by atoms with van der Waals surface area (Å²) in [6.07, 6.45) is 0.496. The van der Waals surface area contributed by atoms with Crippen LogP contribution in [0.5, 0.6) is 0 Å². The molecule has 6 heteroatoms. The fourth-order valence-electron chi connectivity index (χ4n) is 2.91. The number of benzene rings is 1. The molecule has 0 spiro atoms. The van der Waals surface area contributed by atoms with Crippen LogP contribution in [-0.4, -0.2) is 35.0 Å². The Kier molecular flexibility index (Phi) is 5.35.